The van der Waals surface area contributed by atoms with Crippen molar-refractivity contribution in [3.63, 3.8) is 0 Å². The maximum atomic E-state index is 12.2. The van der Waals surface area contributed by atoms with Crippen molar-refractivity contribution in [3.05, 3.63) is 29.3 Å². The van der Waals surface area contributed by atoms with Crippen molar-refractivity contribution in [2.45, 2.75) is 25.3 Å². The van der Waals surface area contributed by atoms with Crippen molar-refractivity contribution in [2.75, 3.05) is 23.4 Å². The minimum Gasteiger partial charge on any atom is -0.384 e. The molecule has 2 N–H and O–H groups in total. The van der Waals surface area contributed by atoms with Gasteiger partial charge in [0.05, 0.1) is 11.5 Å². The molecule has 1 amide bonds. The van der Waals surface area contributed by atoms with E-state index in [1.165, 1.54) is 5.56 Å². The topological polar surface area (TPSA) is 75.3 Å². The number of sulfone groups is 1. The monoisotopic (exact) mass is 294 g/mol. The lowest BCUT2D eigenvalue weighted by atomic mass is 10.1. The molecule has 0 unspecified atom stereocenters. The number of amides is 1. The van der Waals surface area contributed by atoms with Crippen LogP contribution < -0.4 is 10.6 Å². The Kier molecular flexibility index (Phi) is 3.41. The zero-order chi connectivity index (χ0) is 14.2. The Morgan fingerprint density at radius 2 is 2.00 bits per heavy atom. The summed E-state index contributed by atoms with van der Waals surface area (Å²) >= 11 is 0. The van der Waals surface area contributed by atoms with Crippen LogP contribution in [0.4, 0.5) is 5.69 Å². The number of carbonyl (C=O) groups is 1. The second-order valence-corrected chi connectivity index (χ2v) is 7.75. The minimum atomic E-state index is -2.89. The smallest absolute Gasteiger partial charge is 0.251 e. The maximum absolute atomic E-state index is 12.2. The SMILES string of the molecule is O=C(NC1CCS(=O)(=O)CC1)c1ccc2c(c1)NCC2. The Hall–Kier alpha value is -1.56. The molecular formula is C14H18N2O3S. The van der Waals surface area contributed by atoms with Crippen molar-refractivity contribution in [3.8, 4) is 0 Å². The summed E-state index contributed by atoms with van der Waals surface area (Å²) in [4.78, 5) is 12.2. The highest BCUT2D eigenvalue weighted by molar-refractivity contribution is 7.91. The average molecular weight is 294 g/mol. The summed E-state index contributed by atoms with van der Waals surface area (Å²) in [6.07, 6.45) is 2.02. The van der Waals surface area contributed by atoms with Gasteiger partial charge in [0.2, 0.25) is 0 Å². The molecule has 3 rings (SSSR count). The zero-order valence-corrected chi connectivity index (χ0v) is 12.0. The number of fused-ring (bicyclic) bond motifs is 1. The predicted octanol–water partition coefficient (Wildman–Crippen LogP) is 0.962. The van der Waals surface area contributed by atoms with E-state index in [1.54, 1.807) is 0 Å². The summed E-state index contributed by atoms with van der Waals surface area (Å²) in [5.74, 6) is 0.221. The van der Waals surface area contributed by atoms with Crippen LogP contribution in [-0.2, 0) is 16.3 Å². The summed E-state index contributed by atoms with van der Waals surface area (Å²) in [5.41, 5.74) is 2.90. The van der Waals surface area contributed by atoms with Gasteiger partial charge in [0.15, 0.2) is 0 Å². The van der Waals surface area contributed by atoms with Gasteiger partial charge in [-0.1, -0.05) is 6.07 Å². The van der Waals surface area contributed by atoms with Gasteiger partial charge in [-0.25, -0.2) is 8.42 Å². The molecule has 1 fully saturated rings. The van der Waals surface area contributed by atoms with E-state index < -0.39 is 9.84 Å². The van der Waals surface area contributed by atoms with Crippen LogP contribution >= 0.6 is 0 Å². The summed E-state index contributed by atoms with van der Waals surface area (Å²) in [7, 11) is -2.89. The molecule has 0 bridgehead atoms. The molecule has 0 radical (unpaired) electrons. The molecule has 0 saturated carbocycles. The summed E-state index contributed by atoms with van der Waals surface area (Å²) < 4.78 is 22.7. The molecular weight excluding hydrogens is 276 g/mol. The molecule has 0 atom stereocenters. The highest BCUT2D eigenvalue weighted by Crippen LogP contribution is 2.23. The van der Waals surface area contributed by atoms with E-state index in [9.17, 15) is 13.2 Å². The summed E-state index contributed by atoms with van der Waals surface area (Å²) in [6.45, 7) is 0.918. The number of rotatable bonds is 2. The van der Waals surface area contributed by atoms with Gasteiger partial charge in [-0.3, -0.25) is 4.79 Å². The van der Waals surface area contributed by atoms with E-state index in [0.717, 1.165) is 18.7 Å². The highest BCUT2D eigenvalue weighted by atomic mass is 32.2. The van der Waals surface area contributed by atoms with Crippen molar-refractivity contribution in [1.29, 1.82) is 0 Å². The van der Waals surface area contributed by atoms with E-state index in [2.05, 4.69) is 10.6 Å². The first-order chi connectivity index (χ1) is 9.53. The van der Waals surface area contributed by atoms with E-state index >= 15 is 0 Å². The van der Waals surface area contributed by atoms with Crippen molar-refractivity contribution in [2.24, 2.45) is 0 Å². The maximum Gasteiger partial charge on any atom is 0.251 e. The van der Waals surface area contributed by atoms with Crippen LogP contribution in [-0.4, -0.2) is 38.4 Å². The lowest BCUT2D eigenvalue weighted by Crippen LogP contribution is -2.40. The molecule has 5 nitrogen and oxygen atoms in total. The Morgan fingerprint density at radius 3 is 2.75 bits per heavy atom. The summed E-state index contributed by atoms with van der Waals surface area (Å²) in [6, 6.07) is 5.65. The average Bonchev–Trinajstić information content (AvgIpc) is 2.88. The lowest BCUT2D eigenvalue weighted by molar-refractivity contribution is 0.0934. The van der Waals surface area contributed by atoms with Crippen molar-refractivity contribution >= 4 is 21.4 Å². The van der Waals surface area contributed by atoms with Crippen molar-refractivity contribution < 1.29 is 13.2 Å². The van der Waals surface area contributed by atoms with Crippen LogP contribution in [0.15, 0.2) is 18.2 Å². The van der Waals surface area contributed by atoms with Gasteiger partial charge in [-0.2, -0.15) is 0 Å². The Labute approximate surface area is 118 Å². The van der Waals surface area contributed by atoms with Crippen LogP contribution in [0.5, 0.6) is 0 Å². The molecule has 1 saturated heterocycles. The fourth-order valence-electron chi connectivity index (χ4n) is 2.74. The number of benzene rings is 1. The fourth-order valence-corrected chi connectivity index (χ4v) is 4.23. The van der Waals surface area contributed by atoms with Gasteiger partial charge in [0.1, 0.15) is 9.84 Å². The van der Waals surface area contributed by atoms with E-state index in [-0.39, 0.29) is 23.5 Å². The first kappa shape index (κ1) is 13.4. The normalized spacial score (nSPS) is 21.0. The van der Waals surface area contributed by atoms with E-state index in [4.69, 9.17) is 0 Å². The van der Waals surface area contributed by atoms with Crippen LogP contribution in [0.25, 0.3) is 0 Å². The largest absolute Gasteiger partial charge is 0.384 e. The van der Waals surface area contributed by atoms with Gasteiger partial charge in [-0.15, -0.1) is 0 Å². The zero-order valence-electron chi connectivity index (χ0n) is 11.2. The third-order valence-electron chi connectivity index (χ3n) is 3.97. The summed E-state index contributed by atoms with van der Waals surface area (Å²) in [5, 5.41) is 6.18. The first-order valence-corrected chi connectivity index (χ1v) is 8.74. The number of hydrogen-bond acceptors (Lipinski definition) is 4. The molecule has 0 aromatic heterocycles. The Bertz CT molecular complexity index is 626. The standard InChI is InChI=1S/C14H18N2O3S/c17-14(16-12-4-7-20(18,19)8-5-12)11-2-1-10-3-6-15-13(10)9-11/h1-2,9,12,15H,3-8H2,(H,16,17). The third-order valence-corrected chi connectivity index (χ3v) is 5.69. The molecule has 0 spiro atoms. The Balaban J connectivity index is 1.65. The predicted molar refractivity (Wildman–Crippen MR) is 77.8 cm³/mol. The van der Waals surface area contributed by atoms with E-state index in [0.29, 0.717) is 18.4 Å². The molecule has 2 heterocycles. The number of nitrogens with one attached hydrogen (secondary N) is 2. The molecule has 2 aliphatic rings. The van der Waals surface area contributed by atoms with Gasteiger partial charge in [0.25, 0.3) is 5.91 Å². The van der Waals surface area contributed by atoms with Gasteiger partial charge in [-0.05, 0) is 37.0 Å². The second-order valence-electron chi connectivity index (χ2n) is 5.45. The highest BCUT2D eigenvalue weighted by Gasteiger charge is 2.25. The minimum absolute atomic E-state index is 0.0350. The lowest BCUT2D eigenvalue weighted by Gasteiger charge is -2.23. The van der Waals surface area contributed by atoms with E-state index in [1.807, 2.05) is 18.2 Å². The molecule has 6 heteroatoms. The number of anilines is 1. The van der Waals surface area contributed by atoms with Gasteiger partial charge in [0, 0.05) is 23.8 Å². The quantitative estimate of drug-likeness (QED) is 0.852. The first-order valence-electron chi connectivity index (χ1n) is 6.92. The van der Waals surface area contributed by atoms with Gasteiger partial charge < -0.3 is 10.6 Å². The van der Waals surface area contributed by atoms with Crippen molar-refractivity contribution in [1.82, 2.24) is 5.32 Å². The molecule has 0 aliphatic carbocycles. The van der Waals surface area contributed by atoms with Crippen LogP contribution in [0.1, 0.15) is 28.8 Å². The second kappa shape index (κ2) is 5.09. The van der Waals surface area contributed by atoms with Crippen LogP contribution in [0.3, 0.4) is 0 Å². The fraction of sp³-hybridized carbons (Fsp3) is 0.500. The van der Waals surface area contributed by atoms with Gasteiger partial charge >= 0.3 is 0 Å². The number of hydrogen-bond donors (Lipinski definition) is 2. The molecule has 1 aromatic rings. The van der Waals surface area contributed by atoms with Crippen LogP contribution in [0.2, 0.25) is 0 Å². The third kappa shape index (κ3) is 2.80. The van der Waals surface area contributed by atoms with Crippen LogP contribution in [0, 0.1) is 0 Å². The molecule has 20 heavy (non-hydrogen) atoms. The number of carbonyl (C=O) groups excluding carboxylic acids is 1. The molecule has 1 aromatic carbocycles. The molecule has 2 aliphatic heterocycles. The molecule has 108 valence electrons. The Morgan fingerprint density at radius 1 is 1.25 bits per heavy atom.